The van der Waals surface area contributed by atoms with Gasteiger partial charge in [0.1, 0.15) is 17.5 Å². The molecule has 0 saturated heterocycles. The second kappa shape index (κ2) is 8.71. The number of benzene rings is 1. The SMILES string of the molecule is CNc1ccc2c(=O)c(C(=O)CC3(C)CC4CCC(F)(F)C(C4)C3)cn(-c3ccc(F)cc3F)c2n1. The maximum Gasteiger partial charge on any atom is 0.250 e. The third-order valence-electron chi connectivity index (χ3n) is 7.79. The highest BCUT2D eigenvalue weighted by Crippen LogP contribution is 2.55. The van der Waals surface area contributed by atoms with Gasteiger partial charge in [0.2, 0.25) is 5.43 Å². The van der Waals surface area contributed by atoms with Crippen molar-refractivity contribution in [3.05, 3.63) is 63.9 Å². The number of Topliss-reactive ketones (excluding diaryl/α,β-unsaturated/α-hetero) is 1. The molecule has 2 aliphatic carbocycles. The van der Waals surface area contributed by atoms with Crippen LogP contribution >= 0.6 is 0 Å². The van der Waals surface area contributed by atoms with E-state index in [1.807, 2.05) is 6.92 Å². The summed E-state index contributed by atoms with van der Waals surface area (Å²) >= 11 is 0. The summed E-state index contributed by atoms with van der Waals surface area (Å²) in [4.78, 5) is 31.3. The van der Waals surface area contributed by atoms with Gasteiger partial charge in [-0.05, 0) is 61.3 Å². The molecule has 0 radical (unpaired) electrons. The zero-order valence-electron chi connectivity index (χ0n) is 20.1. The number of anilines is 1. The first kappa shape index (κ1) is 24.5. The maximum absolute atomic E-state index is 14.8. The van der Waals surface area contributed by atoms with E-state index in [-0.39, 0.29) is 47.5 Å². The van der Waals surface area contributed by atoms with E-state index in [0.29, 0.717) is 31.1 Å². The van der Waals surface area contributed by atoms with Crippen molar-refractivity contribution < 1.29 is 22.4 Å². The Morgan fingerprint density at radius 1 is 1.19 bits per heavy atom. The van der Waals surface area contributed by atoms with Crippen LogP contribution in [-0.2, 0) is 0 Å². The first-order chi connectivity index (χ1) is 17.0. The van der Waals surface area contributed by atoms with Gasteiger partial charge in [-0.25, -0.2) is 22.5 Å². The highest BCUT2D eigenvalue weighted by molar-refractivity contribution is 5.99. The van der Waals surface area contributed by atoms with Gasteiger partial charge in [-0.3, -0.25) is 14.2 Å². The Balaban J connectivity index is 1.59. The number of hydrogen-bond acceptors (Lipinski definition) is 4. The minimum absolute atomic E-state index is 0.0647. The molecule has 190 valence electrons. The van der Waals surface area contributed by atoms with E-state index >= 15 is 0 Å². The fourth-order valence-electron chi connectivity index (χ4n) is 6.12. The van der Waals surface area contributed by atoms with Crippen LogP contribution in [0.1, 0.15) is 55.8 Å². The monoisotopic (exact) mass is 501 g/mol. The second-order valence-corrected chi connectivity index (χ2v) is 10.6. The molecule has 2 bridgehead atoms. The number of hydrogen-bond donors (Lipinski definition) is 1. The molecule has 1 N–H and O–H groups in total. The molecule has 0 aliphatic heterocycles. The van der Waals surface area contributed by atoms with E-state index in [1.54, 1.807) is 13.1 Å². The molecule has 2 fully saturated rings. The molecule has 0 spiro atoms. The number of alkyl halides is 2. The Morgan fingerprint density at radius 2 is 1.97 bits per heavy atom. The summed E-state index contributed by atoms with van der Waals surface area (Å²) in [6, 6.07) is 6.06. The summed E-state index contributed by atoms with van der Waals surface area (Å²) < 4.78 is 58.6. The molecule has 9 heteroatoms. The Labute approximate surface area is 205 Å². The van der Waals surface area contributed by atoms with Crippen LogP contribution in [0.15, 0.2) is 41.3 Å². The third-order valence-corrected chi connectivity index (χ3v) is 7.79. The number of ketones is 1. The average molecular weight is 502 g/mol. The van der Waals surface area contributed by atoms with Crippen LogP contribution in [-0.4, -0.2) is 28.3 Å². The second-order valence-electron chi connectivity index (χ2n) is 10.6. The molecule has 36 heavy (non-hydrogen) atoms. The van der Waals surface area contributed by atoms with Crippen LogP contribution in [0.2, 0.25) is 0 Å². The van der Waals surface area contributed by atoms with Gasteiger partial charge in [-0.1, -0.05) is 6.92 Å². The molecule has 3 atom stereocenters. The molecule has 1 aromatic carbocycles. The molecule has 0 amide bonds. The van der Waals surface area contributed by atoms with Crippen LogP contribution in [0.3, 0.4) is 0 Å². The van der Waals surface area contributed by atoms with E-state index < -0.39 is 40.1 Å². The number of pyridine rings is 2. The van der Waals surface area contributed by atoms with E-state index in [9.17, 15) is 27.2 Å². The smallest absolute Gasteiger partial charge is 0.250 e. The zero-order valence-corrected chi connectivity index (χ0v) is 20.1. The quantitative estimate of drug-likeness (QED) is 0.338. The highest BCUT2D eigenvalue weighted by atomic mass is 19.3. The van der Waals surface area contributed by atoms with E-state index in [0.717, 1.165) is 6.07 Å². The van der Waals surface area contributed by atoms with Gasteiger partial charge < -0.3 is 5.32 Å². The van der Waals surface area contributed by atoms with E-state index in [1.165, 1.54) is 22.9 Å². The summed E-state index contributed by atoms with van der Waals surface area (Å²) in [5, 5.41) is 2.95. The summed E-state index contributed by atoms with van der Waals surface area (Å²) in [6.07, 6.45) is 2.80. The highest BCUT2D eigenvalue weighted by Gasteiger charge is 2.52. The van der Waals surface area contributed by atoms with Crippen molar-refractivity contribution in [3.8, 4) is 5.69 Å². The van der Waals surface area contributed by atoms with Crippen molar-refractivity contribution >= 4 is 22.6 Å². The summed E-state index contributed by atoms with van der Waals surface area (Å²) in [7, 11) is 1.64. The first-order valence-electron chi connectivity index (χ1n) is 12.1. The fourth-order valence-corrected chi connectivity index (χ4v) is 6.12. The lowest BCUT2D eigenvalue weighted by Crippen LogP contribution is -2.45. The lowest BCUT2D eigenvalue weighted by Gasteiger charge is -2.48. The van der Waals surface area contributed by atoms with Gasteiger partial charge >= 0.3 is 0 Å². The number of nitrogens with zero attached hydrogens (tertiary/aromatic N) is 2. The van der Waals surface area contributed by atoms with Gasteiger partial charge in [-0.15, -0.1) is 0 Å². The lowest BCUT2D eigenvalue weighted by atomic mass is 9.59. The van der Waals surface area contributed by atoms with Crippen molar-refractivity contribution in [3.63, 3.8) is 0 Å². The van der Waals surface area contributed by atoms with E-state index in [2.05, 4.69) is 10.3 Å². The van der Waals surface area contributed by atoms with Crippen molar-refractivity contribution in [2.24, 2.45) is 17.3 Å². The van der Waals surface area contributed by atoms with Gasteiger partial charge in [0, 0.05) is 38.1 Å². The van der Waals surface area contributed by atoms with Gasteiger partial charge in [-0.2, -0.15) is 0 Å². The Morgan fingerprint density at radius 3 is 2.69 bits per heavy atom. The minimum atomic E-state index is -2.74. The van der Waals surface area contributed by atoms with Crippen LogP contribution in [0.25, 0.3) is 16.7 Å². The number of carbonyl (C=O) groups excluding carboxylic acids is 1. The fraction of sp³-hybridized carbons (Fsp3) is 0.444. The van der Waals surface area contributed by atoms with Crippen LogP contribution in [0, 0.1) is 28.9 Å². The minimum Gasteiger partial charge on any atom is -0.373 e. The number of nitrogens with one attached hydrogen (secondary N) is 1. The van der Waals surface area contributed by atoms with Crippen LogP contribution < -0.4 is 10.7 Å². The average Bonchev–Trinajstić information content (AvgIpc) is 2.82. The predicted molar refractivity (Wildman–Crippen MR) is 129 cm³/mol. The van der Waals surface area contributed by atoms with Crippen molar-refractivity contribution in [2.75, 3.05) is 12.4 Å². The number of halogens is 4. The van der Waals surface area contributed by atoms with Crippen LogP contribution in [0.4, 0.5) is 23.4 Å². The Hall–Kier alpha value is -3.23. The summed E-state index contributed by atoms with van der Waals surface area (Å²) in [5.74, 6) is -5.10. The molecule has 3 unspecified atom stereocenters. The van der Waals surface area contributed by atoms with Gasteiger partial charge in [0.25, 0.3) is 5.92 Å². The van der Waals surface area contributed by atoms with Crippen molar-refractivity contribution in [1.82, 2.24) is 9.55 Å². The molecule has 2 saturated carbocycles. The Bertz CT molecular complexity index is 1420. The molecule has 2 aliphatic rings. The number of aromatic nitrogens is 2. The van der Waals surface area contributed by atoms with Crippen molar-refractivity contribution in [2.45, 2.75) is 51.4 Å². The third kappa shape index (κ3) is 4.29. The van der Waals surface area contributed by atoms with E-state index in [4.69, 9.17) is 0 Å². The summed E-state index contributed by atoms with van der Waals surface area (Å²) in [6.45, 7) is 1.84. The molecule has 3 aromatic rings. The Kier molecular flexibility index (Phi) is 5.92. The zero-order chi connectivity index (χ0) is 25.8. The summed E-state index contributed by atoms with van der Waals surface area (Å²) in [5.41, 5.74) is -1.38. The van der Waals surface area contributed by atoms with Crippen LogP contribution in [0.5, 0.6) is 0 Å². The van der Waals surface area contributed by atoms with Gasteiger partial charge in [0.15, 0.2) is 11.4 Å². The molecule has 5 nitrogen and oxygen atoms in total. The lowest BCUT2D eigenvalue weighted by molar-refractivity contribution is -0.135. The molecule has 2 heterocycles. The number of fused-ring (bicyclic) bond motifs is 3. The van der Waals surface area contributed by atoms with Gasteiger partial charge in [0.05, 0.1) is 16.6 Å². The standard InChI is InChI=1S/C27H27F4N3O2/c1-26(11-15-7-8-27(30,31)16(9-15)12-26)13-22(35)19-14-34(21-5-3-17(28)10-20(21)29)25-18(24(19)36)4-6-23(32-2)33-25/h3-6,10,14-16H,7-9,11-13H2,1-2H3,(H,32,33). The first-order valence-corrected chi connectivity index (χ1v) is 12.1. The molecule has 5 rings (SSSR count). The maximum atomic E-state index is 14.8. The normalized spacial score (nSPS) is 25.1. The topological polar surface area (TPSA) is 64.0 Å². The molecular formula is C27H27F4N3O2. The van der Waals surface area contributed by atoms with Crippen molar-refractivity contribution in [1.29, 1.82) is 0 Å². The number of rotatable bonds is 5. The predicted octanol–water partition coefficient (Wildman–Crippen LogP) is 6.13. The largest absolute Gasteiger partial charge is 0.373 e. The molecule has 2 aromatic heterocycles. The number of carbonyl (C=O) groups is 1. The molecular weight excluding hydrogens is 474 g/mol.